The predicted octanol–water partition coefficient (Wildman–Crippen LogP) is 4.04. The topological polar surface area (TPSA) is 73.9 Å². The summed E-state index contributed by atoms with van der Waals surface area (Å²) in [5.41, 5.74) is 0.817. The third-order valence-corrected chi connectivity index (χ3v) is 4.30. The average Bonchev–Trinajstić information content (AvgIpc) is 2.73. The quantitative estimate of drug-likeness (QED) is 0.654. The SMILES string of the molecule is COc1ccc(OC)c(NC(=O)C(C)OC(=O)c2ccc3ccccc3c2)c1. The molecule has 0 radical (unpaired) electrons. The van der Waals surface area contributed by atoms with Crippen molar-refractivity contribution in [2.24, 2.45) is 0 Å². The van der Waals surface area contributed by atoms with Crippen molar-refractivity contribution in [3.8, 4) is 11.5 Å². The molecule has 1 N–H and O–H groups in total. The second-order valence-electron chi connectivity index (χ2n) is 6.16. The van der Waals surface area contributed by atoms with Crippen molar-refractivity contribution in [3.63, 3.8) is 0 Å². The third-order valence-electron chi connectivity index (χ3n) is 4.30. The first kappa shape index (κ1) is 19.2. The van der Waals surface area contributed by atoms with Crippen molar-refractivity contribution >= 4 is 28.3 Å². The van der Waals surface area contributed by atoms with E-state index in [1.54, 1.807) is 30.3 Å². The van der Waals surface area contributed by atoms with Gasteiger partial charge in [-0.15, -0.1) is 0 Å². The molecular formula is C22H21NO5. The smallest absolute Gasteiger partial charge is 0.338 e. The largest absolute Gasteiger partial charge is 0.497 e. The van der Waals surface area contributed by atoms with Gasteiger partial charge in [0.1, 0.15) is 11.5 Å². The van der Waals surface area contributed by atoms with E-state index in [0.717, 1.165) is 10.8 Å². The van der Waals surface area contributed by atoms with Crippen molar-refractivity contribution in [2.45, 2.75) is 13.0 Å². The van der Waals surface area contributed by atoms with E-state index in [-0.39, 0.29) is 0 Å². The normalized spacial score (nSPS) is 11.5. The summed E-state index contributed by atoms with van der Waals surface area (Å²) in [7, 11) is 3.03. The number of hydrogen-bond acceptors (Lipinski definition) is 5. The zero-order valence-corrected chi connectivity index (χ0v) is 15.9. The molecule has 0 aliphatic carbocycles. The fourth-order valence-electron chi connectivity index (χ4n) is 2.74. The zero-order valence-electron chi connectivity index (χ0n) is 15.9. The highest BCUT2D eigenvalue weighted by Gasteiger charge is 2.20. The molecule has 0 aliphatic rings. The van der Waals surface area contributed by atoms with Crippen molar-refractivity contribution in [2.75, 3.05) is 19.5 Å². The maximum atomic E-state index is 12.5. The molecule has 144 valence electrons. The van der Waals surface area contributed by atoms with Crippen LogP contribution in [0.1, 0.15) is 17.3 Å². The Kier molecular flexibility index (Phi) is 5.79. The Morgan fingerprint density at radius 3 is 2.36 bits per heavy atom. The first-order chi connectivity index (χ1) is 13.5. The molecule has 1 amide bonds. The van der Waals surface area contributed by atoms with E-state index in [9.17, 15) is 9.59 Å². The van der Waals surface area contributed by atoms with E-state index >= 15 is 0 Å². The molecule has 0 saturated carbocycles. The lowest BCUT2D eigenvalue weighted by Gasteiger charge is -2.16. The number of nitrogens with one attached hydrogen (secondary N) is 1. The van der Waals surface area contributed by atoms with E-state index in [1.807, 2.05) is 30.3 Å². The number of amides is 1. The number of carbonyl (C=O) groups excluding carboxylic acids is 2. The van der Waals surface area contributed by atoms with Crippen LogP contribution in [-0.4, -0.2) is 32.2 Å². The highest BCUT2D eigenvalue weighted by molar-refractivity contribution is 5.99. The van der Waals surface area contributed by atoms with Gasteiger partial charge in [-0.2, -0.15) is 0 Å². The van der Waals surface area contributed by atoms with Crippen LogP contribution in [0.15, 0.2) is 60.7 Å². The summed E-state index contributed by atoms with van der Waals surface area (Å²) < 4.78 is 15.7. The maximum absolute atomic E-state index is 12.5. The summed E-state index contributed by atoms with van der Waals surface area (Å²) >= 11 is 0. The van der Waals surface area contributed by atoms with Crippen LogP contribution in [-0.2, 0) is 9.53 Å². The molecule has 0 saturated heterocycles. The molecular weight excluding hydrogens is 358 g/mol. The third kappa shape index (κ3) is 4.23. The molecule has 0 spiro atoms. The Morgan fingerprint density at radius 2 is 1.64 bits per heavy atom. The minimum absolute atomic E-state index is 0.386. The molecule has 1 unspecified atom stereocenters. The second-order valence-corrected chi connectivity index (χ2v) is 6.16. The molecule has 28 heavy (non-hydrogen) atoms. The number of carbonyl (C=O) groups is 2. The molecule has 3 aromatic rings. The molecule has 1 atom stereocenters. The second kappa shape index (κ2) is 8.43. The van der Waals surface area contributed by atoms with Gasteiger partial charge in [-0.05, 0) is 42.0 Å². The summed E-state index contributed by atoms with van der Waals surface area (Å²) in [6.07, 6.45) is -0.991. The van der Waals surface area contributed by atoms with Crippen LogP contribution in [0.4, 0.5) is 5.69 Å². The van der Waals surface area contributed by atoms with Crippen LogP contribution < -0.4 is 14.8 Å². The lowest BCUT2D eigenvalue weighted by atomic mass is 10.1. The molecule has 0 heterocycles. The van der Waals surface area contributed by atoms with Crippen LogP contribution in [0, 0.1) is 0 Å². The van der Waals surface area contributed by atoms with E-state index in [2.05, 4.69) is 5.32 Å². The van der Waals surface area contributed by atoms with E-state index in [0.29, 0.717) is 22.7 Å². The van der Waals surface area contributed by atoms with Gasteiger partial charge in [0.05, 0.1) is 25.5 Å². The molecule has 3 aromatic carbocycles. The van der Waals surface area contributed by atoms with Crippen LogP contribution >= 0.6 is 0 Å². The highest BCUT2D eigenvalue weighted by atomic mass is 16.5. The van der Waals surface area contributed by atoms with Gasteiger partial charge in [-0.3, -0.25) is 4.79 Å². The van der Waals surface area contributed by atoms with Gasteiger partial charge in [0.15, 0.2) is 6.10 Å². The molecule has 0 bridgehead atoms. The van der Waals surface area contributed by atoms with Gasteiger partial charge in [0.2, 0.25) is 0 Å². The lowest BCUT2D eigenvalue weighted by Crippen LogP contribution is -2.30. The van der Waals surface area contributed by atoms with Crippen molar-refractivity contribution in [1.29, 1.82) is 0 Å². The van der Waals surface area contributed by atoms with Gasteiger partial charge in [-0.1, -0.05) is 30.3 Å². The summed E-state index contributed by atoms with van der Waals surface area (Å²) in [5, 5.41) is 4.65. The van der Waals surface area contributed by atoms with Crippen molar-refractivity contribution < 1.29 is 23.8 Å². The fraction of sp³-hybridized carbons (Fsp3) is 0.182. The van der Waals surface area contributed by atoms with E-state index in [1.165, 1.54) is 21.1 Å². The number of fused-ring (bicyclic) bond motifs is 1. The van der Waals surface area contributed by atoms with Gasteiger partial charge in [0, 0.05) is 6.07 Å². The summed E-state index contributed by atoms with van der Waals surface area (Å²) in [4.78, 5) is 24.9. The highest BCUT2D eigenvalue weighted by Crippen LogP contribution is 2.29. The van der Waals surface area contributed by atoms with Crippen molar-refractivity contribution in [1.82, 2.24) is 0 Å². The molecule has 0 fully saturated rings. The zero-order chi connectivity index (χ0) is 20.1. The molecule has 0 aliphatic heterocycles. The first-order valence-corrected chi connectivity index (χ1v) is 8.74. The monoisotopic (exact) mass is 379 g/mol. The molecule has 6 nitrogen and oxygen atoms in total. The fourth-order valence-corrected chi connectivity index (χ4v) is 2.74. The Bertz CT molecular complexity index is 1010. The maximum Gasteiger partial charge on any atom is 0.338 e. The minimum Gasteiger partial charge on any atom is -0.497 e. The van der Waals surface area contributed by atoms with E-state index in [4.69, 9.17) is 14.2 Å². The summed E-state index contributed by atoms with van der Waals surface area (Å²) in [6.45, 7) is 1.51. The van der Waals surface area contributed by atoms with Gasteiger partial charge < -0.3 is 19.5 Å². The van der Waals surface area contributed by atoms with Crippen LogP contribution in [0.5, 0.6) is 11.5 Å². The first-order valence-electron chi connectivity index (χ1n) is 8.74. The molecule has 6 heteroatoms. The van der Waals surface area contributed by atoms with Crippen LogP contribution in [0.3, 0.4) is 0 Å². The standard InChI is InChI=1S/C22H21NO5/c1-14(21(24)23-19-13-18(26-2)10-11-20(19)27-3)28-22(25)17-9-8-15-6-4-5-7-16(15)12-17/h4-14H,1-3H3,(H,23,24). The minimum atomic E-state index is -0.991. The molecule has 0 aromatic heterocycles. The van der Waals surface area contributed by atoms with Gasteiger partial charge >= 0.3 is 5.97 Å². The lowest BCUT2D eigenvalue weighted by molar-refractivity contribution is -0.123. The Labute approximate surface area is 163 Å². The Hall–Kier alpha value is -3.54. The average molecular weight is 379 g/mol. The predicted molar refractivity (Wildman–Crippen MR) is 107 cm³/mol. The van der Waals surface area contributed by atoms with Crippen molar-refractivity contribution in [3.05, 3.63) is 66.2 Å². The number of anilines is 1. The van der Waals surface area contributed by atoms with Gasteiger partial charge in [0.25, 0.3) is 5.91 Å². The number of esters is 1. The van der Waals surface area contributed by atoms with Crippen LogP contribution in [0.25, 0.3) is 10.8 Å². The van der Waals surface area contributed by atoms with Gasteiger partial charge in [-0.25, -0.2) is 4.79 Å². The Balaban J connectivity index is 1.70. The van der Waals surface area contributed by atoms with Crippen LogP contribution in [0.2, 0.25) is 0 Å². The summed E-state index contributed by atoms with van der Waals surface area (Å²) in [5.74, 6) is 0.00539. The number of ether oxygens (including phenoxy) is 3. The molecule has 3 rings (SSSR count). The number of rotatable bonds is 6. The number of hydrogen-bond donors (Lipinski definition) is 1. The number of benzene rings is 3. The van der Waals surface area contributed by atoms with E-state index < -0.39 is 18.0 Å². The Morgan fingerprint density at radius 1 is 0.893 bits per heavy atom. The summed E-state index contributed by atoms with van der Waals surface area (Å²) in [6, 6.07) is 18.0. The number of methoxy groups -OCH3 is 2.